The lowest BCUT2D eigenvalue weighted by Gasteiger charge is -2.13. The third-order valence-corrected chi connectivity index (χ3v) is 5.42. The summed E-state index contributed by atoms with van der Waals surface area (Å²) in [7, 11) is 0. The number of amides is 3. The maximum Gasteiger partial charge on any atom is 0.281 e. The quantitative estimate of drug-likeness (QED) is 0.764. The Morgan fingerprint density at radius 2 is 2.15 bits per heavy atom. The van der Waals surface area contributed by atoms with E-state index in [1.54, 1.807) is 16.3 Å². The standard InChI is InChI=1S/C17H17FN4O3S2/c1-10(23)19-11-2-3-12(13(18)8-11)14-9-27-16(20-14)21-15(24)4-5-22-6-7-26-17(22)25/h2-3,8-9H,4-7H2,1H3,(H,19,23)(H,20,21,24). The van der Waals surface area contributed by atoms with Crippen LogP contribution in [0.25, 0.3) is 11.3 Å². The van der Waals surface area contributed by atoms with E-state index in [4.69, 9.17) is 0 Å². The molecule has 3 amide bonds. The Morgan fingerprint density at radius 1 is 1.33 bits per heavy atom. The molecule has 27 heavy (non-hydrogen) atoms. The molecule has 0 aliphatic carbocycles. The first-order valence-corrected chi connectivity index (χ1v) is 10.0. The van der Waals surface area contributed by atoms with Gasteiger partial charge in [0.2, 0.25) is 11.8 Å². The SMILES string of the molecule is CC(=O)Nc1ccc(-c2csc(NC(=O)CCN3CCSC3=O)n2)c(F)c1. The highest BCUT2D eigenvalue weighted by Crippen LogP contribution is 2.28. The van der Waals surface area contributed by atoms with Crippen LogP contribution in [0.2, 0.25) is 0 Å². The predicted octanol–water partition coefficient (Wildman–Crippen LogP) is 3.41. The first-order valence-electron chi connectivity index (χ1n) is 8.17. The Morgan fingerprint density at radius 3 is 2.81 bits per heavy atom. The van der Waals surface area contributed by atoms with E-state index in [1.165, 1.54) is 42.2 Å². The second-order valence-electron chi connectivity index (χ2n) is 5.81. The molecule has 1 saturated heterocycles. The molecule has 1 aromatic heterocycles. The van der Waals surface area contributed by atoms with Gasteiger partial charge in [0, 0.05) is 48.8 Å². The maximum atomic E-state index is 14.3. The summed E-state index contributed by atoms with van der Waals surface area (Å²) >= 11 is 2.44. The minimum absolute atomic E-state index is 0.00230. The third kappa shape index (κ3) is 5.04. The van der Waals surface area contributed by atoms with Gasteiger partial charge in [-0.05, 0) is 18.2 Å². The second-order valence-corrected chi connectivity index (χ2v) is 7.72. The lowest BCUT2D eigenvalue weighted by atomic mass is 10.1. The minimum atomic E-state index is -0.519. The molecule has 2 N–H and O–H groups in total. The summed E-state index contributed by atoms with van der Waals surface area (Å²) in [5, 5.41) is 7.19. The molecule has 10 heteroatoms. The summed E-state index contributed by atoms with van der Waals surface area (Å²) in [6, 6.07) is 4.33. The highest BCUT2D eigenvalue weighted by atomic mass is 32.2. The molecule has 0 radical (unpaired) electrons. The van der Waals surface area contributed by atoms with Crippen molar-refractivity contribution in [3.05, 3.63) is 29.4 Å². The number of thiazole rings is 1. The van der Waals surface area contributed by atoms with E-state index in [-0.39, 0.29) is 29.0 Å². The number of nitrogens with one attached hydrogen (secondary N) is 2. The van der Waals surface area contributed by atoms with Gasteiger partial charge in [0.1, 0.15) is 5.82 Å². The smallest absolute Gasteiger partial charge is 0.281 e. The van der Waals surface area contributed by atoms with Crippen LogP contribution >= 0.6 is 23.1 Å². The Balaban J connectivity index is 1.60. The van der Waals surface area contributed by atoms with Gasteiger partial charge in [-0.3, -0.25) is 14.4 Å². The lowest BCUT2D eigenvalue weighted by Crippen LogP contribution is -2.27. The van der Waals surface area contributed by atoms with Crippen molar-refractivity contribution >= 4 is 51.0 Å². The van der Waals surface area contributed by atoms with E-state index in [0.717, 1.165) is 5.75 Å². The fourth-order valence-electron chi connectivity index (χ4n) is 2.51. The van der Waals surface area contributed by atoms with Crippen molar-refractivity contribution in [3.63, 3.8) is 0 Å². The zero-order valence-electron chi connectivity index (χ0n) is 14.5. The number of hydrogen-bond donors (Lipinski definition) is 2. The van der Waals surface area contributed by atoms with Gasteiger partial charge >= 0.3 is 0 Å². The van der Waals surface area contributed by atoms with Gasteiger partial charge in [-0.15, -0.1) is 11.3 Å². The van der Waals surface area contributed by atoms with Crippen LogP contribution in [0.5, 0.6) is 0 Å². The number of carbonyl (C=O) groups is 3. The number of rotatable bonds is 6. The first-order chi connectivity index (χ1) is 12.9. The van der Waals surface area contributed by atoms with Crippen LogP contribution in [0, 0.1) is 5.82 Å². The lowest BCUT2D eigenvalue weighted by molar-refractivity contribution is -0.116. The number of hydrogen-bond acceptors (Lipinski definition) is 6. The molecule has 3 rings (SSSR count). The van der Waals surface area contributed by atoms with E-state index < -0.39 is 5.82 Å². The number of halogens is 1. The summed E-state index contributed by atoms with van der Waals surface area (Å²) in [6.45, 7) is 2.38. The fourth-order valence-corrected chi connectivity index (χ4v) is 4.08. The van der Waals surface area contributed by atoms with Crippen molar-refractivity contribution in [1.29, 1.82) is 0 Å². The van der Waals surface area contributed by atoms with Crippen molar-refractivity contribution in [2.24, 2.45) is 0 Å². The van der Waals surface area contributed by atoms with Gasteiger partial charge in [-0.2, -0.15) is 0 Å². The Hall–Kier alpha value is -2.46. The van der Waals surface area contributed by atoms with Crippen LogP contribution in [0.15, 0.2) is 23.6 Å². The largest absolute Gasteiger partial charge is 0.332 e. The van der Waals surface area contributed by atoms with E-state index in [0.29, 0.717) is 29.6 Å². The third-order valence-electron chi connectivity index (χ3n) is 3.77. The molecule has 2 heterocycles. The summed E-state index contributed by atoms with van der Waals surface area (Å²) < 4.78 is 14.3. The maximum absolute atomic E-state index is 14.3. The molecule has 0 unspecified atom stereocenters. The summed E-state index contributed by atoms with van der Waals surface area (Å²) in [4.78, 5) is 40.5. The summed E-state index contributed by atoms with van der Waals surface area (Å²) in [5.41, 5.74) is 1.04. The molecule has 7 nitrogen and oxygen atoms in total. The van der Waals surface area contributed by atoms with Gasteiger partial charge in [-0.1, -0.05) is 11.8 Å². The molecule has 0 atom stereocenters. The van der Waals surface area contributed by atoms with E-state index in [1.807, 2.05) is 0 Å². The normalized spacial score (nSPS) is 13.7. The Kier molecular flexibility index (Phi) is 6.07. The zero-order chi connectivity index (χ0) is 19.4. The van der Waals surface area contributed by atoms with Crippen LogP contribution < -0.4 is 10.6 Å². The number of benzene rings is 1. The first kappa shape index (κ1) is 19.3. The average molecular weight is 408 g/mol. The van der Waals surface area contributed by atoms with Gasteiger partial charge in [0.25, 0.3) is 5.24 Å². The Labute approximate surface area is 163 Å². The Bertz CT molecular complexity index is 887. The molecule has 1 fully saturated rings. The monoisotopic (exact) mass is 408 g/mol. The number of nitrogens with zero attached hydrogens (tertiary/aromatic N) is 2. The van der Waals surface area contributed by atoms with Crippen molar-refractivity contribution in [1.82, 2.24) is 9.88 Å². The molecular formula is C17H17FN4O3S2. The van der Waals surface area contributed by atoms with Gasteiger partial charge in [0.15, 0.2) is 5.13 Å². The minimum Gasteiger partial charge on any atom is -0.332 e. The van der Waals surface area contributed by atoms with Crippen molar-refractivity contribution < 1.29 is 18.8 Å². The van der Waals surface area contributed by atoms with Crippen molar-refractivity contribution in [3.8, 4) is 11.3 Å². The second kappa shape index (κ2) is 8.49. The number of carbonyl (C=O) groups excluding carboxylic acids is 3. The fraction of sp³-hybridized carbons (Fsp3) is 0.294. The zero-order valence-corrected chi connectivity index (χ0v) is 16.1. The molecule has 1 aliphatic rings. The highest BCUT2D eigenvalue weighted by molar-refractivity contribution is 8.13. The molecular weight excluding hydrogens is 391 g/mol. The van der Waals surface area contributed by atoms with Gasteiger partial charge in [-0.25, -0.2) is 9.37 Å². The van der Waals surface area contributed by atoms with Gasteiger partial charge in [0.05, 0.1) is 5.69 Å². The number of aromatic nitrogens is 1. The average Bonchev–Trinajstić information content (AvgIpc) is 3.21. The van der Waals surface area contributed by atoms with Crippen LogP contribution in [-0.4, -0.2) is 45.8 Å². The molecule has 0 bridgehead atoms. The molecule has 142 valence electrons. The van der Waals surface area contributed by atoms with E-state index >= 15 is 0 Å². The molecule has 1 aliphatic heterocycles. The van der Waals surface area contributed by atoms with Crippen LogP contribution in [0.4, 0.5) is 20.0 Å². The van der Waals surface area contributed by atoms with Gasteiger partial charge < -0.3 is 15.5 Å². The number of anilines is 2. The van der Waals surface area contributed by atoms with Crippen molar-refractivity contribution in [2.45, 2.75) is 13.3 Å². The van der Waals surface area contributed by atoms with Crippen LogP contribution in [-0.2, 0) is 9.59 Å². The van der Waals surface area contributed by atoms with E-state index in [2.05, 4.69) is 15.6 Å². The number of thioether (sulfide) groups is 1. The van der Waals surface area contributed by atoms with Crippen LogP contribution in [0.1, 0.15) is 13.3 Å². The summed E-state index contributed by atoms with van der Waals surface area (Å²) in [5.74, 6) is -0.297. The molecule has 1 aromatic carbocycles. The predicted molar refractivity (Wildman–Crippen MR) is 104 cm³/mol. The molecule has 2 aromatic rings. The van der Waals surface area contributed by atoms with Crippen molar-refractivity contribution in [2.75, 3.05) is 29.5 Å². The summed E-state index contributed by atoms with van der Waals surface area (Å²) in [6.07, 6.45) is 0.182. The highest BCUT2D eigenvalue weighted by Gasteiger charge is 2.21. The van der Waals surface area contributed by atoms with E-state index in [9.17, 15) is 18.8 Å². The molecule has 0 saturated carbocycles. The molecule has 0 spiro atoms. The van der Waals surface area contributed by atoms with Crippen LogP contribution in [0.3, 0.4) is 0 Å². The topological polar surface area (TPSA) is 91.4 Å².